The maximum Gasteiger partial charge on any atom is 0.347 e. The van der Waals surface area contributed by atoms with Crippen molar-refractivity contribution in [3.63, 3.8) is 0 Å². The van der Waals surface area contributed by atoms with E-state index in [-0.39, 0.29) is 10.6 Å². The molecule has 1 rings (SSSR count). The SMILES string of the molecule is CC(=O)OC(=O)c1ccccc1Cl. The first kappa shape index (κ1) is 9.74. The molecule has 0 aliphatic carbocycles. The second-order valence-electron chi connectivity index (χ2n) is 2.36. The first-order valence-electron chi connectivity index (χ1n) is 3.58. The van der Waals surface area contributed by atoms with Gasteiger partial charge in [0, 0.05) is 6.92 Å². The number of esters is 2. The number of carbonyl (C=O) groups excluding carboxylic acids is 2. The maximum absolute atomic E-state index is 11.1. The summed E-state index contributed by atoms with van der Waals surface area (Å²) in [5.74, 6) is -1.37. The molecule has 0 atom stereocenters. The van der Waals surface area contributed by atoms with Crippen LogP contribution in [0.2, 0.25) is 5.02 Å². The van der Waals surface area contributed by atoms with Gasteiger partial charge in [-0.2, -0.15) is 0 Å². The van der Waals surface area contributed by atoms with Gasteiger partial charge >= 0.3 is 11.9 Å². The molecule has 1 aromatic carbocycles. The largest absolute Gasteiger partial charge is 0.390 e. The van der Waals surface area contributed by atoms with Gasteiger partial charge in [0.05, 0.1) is 10.6 Å². The average Bonchev–Trinajstić information content (AvgIpc) is 2.03. The molecular formula is C9H7ClO3. The van der Waals surface area contributed by atoms with E-state index >= 15 is 0 Å². The molecule has 0 N–H and O–H groups in total. The Morgan fingerprint density at radius 3 is 2.46 bits per heavy atom. The third kappa shape index (κ3) is 2.56. The van der Waals surface area contributed by atoms with Crippen LogP contribution in [0.3, 0.4) is 0 Å². The van der Waals surface area contributed by atoms with E-state index in [2.05, 4.69) is 4.74 Å². The van der Waals surface area contributed by atoms with Crippen LogP contribution in [0.15, 0.2) is 24.3 Å². The smallest absolute Gasteiger partial charge is 0.347 e. The van der Waals surface area contributed by atoms with E-state index in [1.165, 1.54) is 6.07 Å². The van der Waals surface area contributed by atoms with Crippen LogP contribution in [0.1, 0.15) is 17.3 Å². The molecule has 0 aromatic heterocycles. The molecule has 3 nitrogen and oxygen atoms in total. The van der Waals surface area contributed by atoms with Gasteiger partial charge in [-0.15, -0.1) is 0 Å². The van der Waals surface area contributed by atoms with Crippen molar-refractivity contribution in [3.05, 3.63) is 34.9 Å². The van der Waals surface area contributed by atoms with Gasteiger partial charge in [-0.25, -0.2) is 4.79 Å². The van der Waals surface area contributed by atoms with E-state index < -0.39 is 11.9 Å². The van der Waals surface area contributed by atoms with Crippen molar-refractivity contribution in [2.45, 2.75) is 6.92 Å². The van der Waals surface area contributed by atoms with Crippen LogP contribution in [0, 0.1) is 0 Å². The zero-order chi connectivity index (χ0) is 9.84. The summed E-state index contributed by atoms with van der Waals surface area (Å²) in [4.78, 5) is 21.6. The Morgan fingerprint density at radius 1 is 1.31 bits per heavy atom. The van der Waals surface area contributed by atoms with Gasteiger partial charge in [0.25, 0.3) is 0 Å². The first-order valence-corrected chi connectivity index (χ1v) is 3.96. The molecule has 1 aromatic rings. The Bertz CT molecular complexity index is 346. The molecule has 0 amide bonds. The lowest BCUT2D eigenvalue weighted by Crippen LogP contribution is -2.09. The molecule has 0 radical (unpaired) electrons. The Hall–Kier alpha value is -1.35. The molecule has 68 valence electrons. The summed E-state index contributed by atoms with van der Waals surface area (Å²) in [6, 6.07) is 6.38. The lowest BCUT2D eigenvalue weighted by atomic mass is 10.2. The summed E-state index contributed by atoms with van der Waals surface area (Å²) in [6.45, 7) is 1.16. The minimum Gasteiger partial charge on any atom is -0.390 e. The number of hydrogen-bond acceptors (Lipinski definition) is 3. The Labute approximate surface area is 80.3 Å². The molecule has 0 fully saturated rings. The predicted molar refractivity (Wildman–Crippen MR) is 47.5 cm³/mol. The van der Waals surface area contributed by atoms with E-state index in [9.17, 15) is 9.59 Å². The van der Waals surface area contributed by atoms with Crippen LogP contribution in [-0.2, 0) is 9.53 Å². The fraction of sp³-hybridized carbons (Fsp3) is 0.111. The van der Waals surface area contributed by atoms with Crippen molar-refractivity contribution in [1.29, 1.82) is 0 Å². The van der Waals surface area contributed by atoms with Crippen LogP contribution < -0.4 is 0 Å². The fourth-order valence-corrected chi connectivity index (χ4v) is 1.03. The first-order chi connectivity index (χ1) is 6.11. The molecule has 0 heterocycles. The second kappa shape index (κ2) is 4.05. The molecule has 0 bridgehead atoms. The summed E-state index contributed by atoms with van der Waals surface area (Å²) in [7, 11) is 0. The molecule has 0 aliphatic heterocycles. The minimum atomic E-state index is -0.724. The van der Waals surface area contributed by atoms with Gasteiger partial charge in [0.2, 0.25) is 0 Å². The third-order valence-electron chi connectivity index (χ3n) is 1.33. The molecule has 13 heavy (non-hydrogen) atoms. The minimum absolute atomic E-state index is 0.194. The predicted octanol–water partition coefficient (Wildman–Crippen LogP) is 2.04. The summed E-state index contributed by atoms with van der Waals surface area (Å²) in [5, 5.41) is 0.272. The molecular weight excluding hydrogens is 192 g/mol. The van der Waals surface area contributed by atoms with Crippen molar-refractivity contribution in [1.82, 2.24) is 0 Å². The highest BCUT2D eigenvalue weighted by atomic mass is 35.5. The van der Waals surface area contributed by atoms with E-state index in [4.69, 9.17) is 11.6 Å². The fourth-order valence-electron chi connectivity index (χ4n) is 0.812. The summed E-state index contributed by atoms with van der Waals surface area (Å²) < 4.78 is 4.35. The van der Waals surface area contributed by atoms with Crippen molar-refractivity contribution >= 4 is 23.5 Å². The molecule has 4 heteroatoms. The highest BCUT2D eigenvalue weighted by Crippen LogP contribution is 2.15. The number of rotatable bonds is 1. The topological polar surface area (TPSA) is 43.4 Å². The van der Waals surface area contributed by atoms with Gasteiger partial charge < -0.3 is 4.74 Å². The lowest BCUT2D eigenvalue weighted by molar-refractivity contribution is -0.135. The quantitative estimate of drug-likeness (QED) is 0.512. The van der Waals surface area contributed by atoms with Gasteiger partial charge in [-0.3, -0.25) is 4.79 Å². The van der Waals surface area contributed by atoms with Gasteiger partial charge in [0.15, 0.2) is 0 Å². The monoisotopic (exact) mass is 198 g/mol. The van der Waals surface area contributed by atoms with E-state index in [1.807, 2.05) is 0 Å². The molecule has 0 spiro atoms. The Balaban J connectivity index is 2.89. The molecule has 0 aliphatic rings. The molecule has 0 unspecified atom stereocenters. The number of benzene rings is 1. The van der Waals surface area contributed by atoms with Crippen LogP contribution in [-0.4, -0.2) is 11.9 Å². The van der Waals surface area contributed by atoms with Crippen LogP contribution in [0.25, 0.3) is 0 Å². The maximum atomic E-state index is 11.1. The number of halogens is 1. The van der Waals surface area contributed by atoms with E-state index in [0.717, 1.165) is 6.92 Å². The number of hydrogen-bond donors (Lipinski definition) is 0. The van der Waals surface area contributed by atoms with Crippen LogP contribution in [0.5, 0.6) is 0 Å². The molecule has 0 saturated heterocycles. The number of carbonyl (C=O) groups is 2. The van der Waals surface area contributed by atoms with Crippen molar-refractivity contribution in [2.75, 3.05) is 0 Å². The van der Waals surface area contributed by atoms with Crippen LogP contribution >= 0.6 is 11.6 Å². The summed E-state index contributed by atoms with van der Waals surface area (Å²) in [5.41, 5.74) is 0.194. The van der Waals surface area contributed by atoms with Crippen LogP contribution in [0.4, 0.5) is 0 Å². The average molecular weight is 199 g/mol. The normalized spacial score (nSPS) is 9.38. The lowest BCUT2D eigenvalue weighted by Gasteiger charge is -2.00. The van der Waals surface area contributed by atoms with Gasteiger partial charge in [0.1, 0.15) is 0 Å². The Kier molecular flexibility index (Phi) is 3.03. The zero-order valence-corrected chi connectivity index (χ0v) is 7.67. The van der Waals surface area contributed by atoms with Crippen molar-refractivity contribution in [2.24, 2.45) is 0 Å². The van der Waals surface area contributed by atoms with Gasteiger partial charge in [-0.05, 0) is 12.1 Å². The highest BCUT2D eigenvalue weighted by Gasteiger charge is 2.12. The zero-order valence-electron chi connectivity index (χ0n) is 6.91. The van der Waals surface area contributed by atoms with Crippen molar-refractivity contribution in [3.8, 4) is 0 Å². The van der Waals surface area contributed by atoms with E-state index in [1.54, 1.807) is 18.2 Å². The summed E-state index contributed by atoms with van der Waals surface area (Å²) in [6.07, 6.45) is 0. The second-order valence-corrected chi connectivity index (χ2v) is 2.77. The summed E-state index contributed by atoms with van der Waals surface area (Å²) >= 11 is 5.69. The Morgan fingerprint density at radius 2 is 1.92 bits per heavy atom. The molecule has 0 saturated carbocycles. The highest BCUT2D eigenvalue weighted by molar-refractivity contribution is 6.33. The van der Waals surface area contributed by atoms with Gasteiger partial charge in [-0.1, -0.05) is 23.7 Å². The third-order valence-corrected chi connectivity index (χ3v) is 1.66. The van der Waals surface area contributed by atoms with Crippen molar-refractivity contribution < 1.29 is 14.3 Å². The number of ether oxygens (including phenoxy) is 1. The van der Waals surface area contributed by atoms with E-state index in [0.29, 0.717) is 0 Å². The standard InChI is InChI=1S/C9H7ClO3/c1-6(11)13-9(12)7-4-2-3-5-8(7)10/h2-5H,1H3.